The number of hydrogen-bond donors (Lipinski definition) is 0. The molecule has 3 unspecified atom stereocenters. The Kier molecular flexibility index (Phi) is 7.99. The van der Waals surface area contributed by atoms with Crippen molar-refractivity contribution in [2.75, 3.05) is 13.7 Å². The van der Waals surface area contributed by atoms with Gasteiger partial charge in [0, 0.05) is 37.9 Å². The lowest BCUT2D eigenvalue weighted by atomic mass is 9.86. The van der Waals surface area contributed by atoms with E-state index in [1.807, 2.05) is 13.8 Å². The number of phosphoric ester groups is 1. The zero-order chi connectivity index (χ0) is 20.4. The van der Waals surface area contributed by atoms with Crippen molar-refractivity contribution < 1.29 is 37.1 Å². The molecule has 0 aromatic heterocycles. The van der Waals surface area contributed by atoms with Crippen LogP contribution in [-0.4, -0.2) is 71.8 Å². The predicted octanol–water partition coefficient (Wildman–Crippen LogP) is 1.54. The Bertz CT molecular complexity index is 565. The number of carbonyl (C=O) groups excluding carboxylic acids is 1. The van der Waals surface area contributed by atoms with E-state index in [0.717, 1.165) is 0 Å². The van der Waals surface area contributed by atoms with Crippen LogP contribution in [0.2, 0.25) is 0 Å². The van der Waals surface area contributed by atoms with Crippen LogP contribution >= 0.6 is 7.82 Å². The molecule has 11 heteroatoms. The molecule has 2 rings (SSSR count). The second kappa shape index (κ2) is 9.42. The number of ether oxygens (including phenoxy) is 3. The minimum atomic E-state index is -3.91. The minimum absolute atomic E-state index is 0.175. The third-order valence-corrected chi connectivity index (χ3v) is 6.46. The second-order valence-electron chi connectivity index (χ2n) is 6.97. The highest BCUT2D eigenvalue weighted by atomic mass is 31.2. The molecule has 0 saturated carbocycles. The predicted molar refractivity (Wildman–Crippen MR) is 98.4 cm³/mol. The summed E-state index contributed by atoms with van der Waals surface area (Å²) in [4.78, 5) is 11.3. The van der Waals surface area contributed by atoms with Crippen LogP contribution in [0.4, 0.5) is 0 Å². The molecule has 27 heavy (non-hydrogen) atoms. The van der Waals surface area contributed by atoms with Gasteiger partial charge in [-0.1, -0.05) is 20.8 Å². The van der Waals surface area contributed by atoms with Gasteiger partial charge in [0.15, 0.2) is 0 Å². The lowest BCUT2D eigenvalue weighted by Crippen LogP contribution is -2.34. The molecule has 0 aromatic rings. The molecule has 0 amide bonds. The van der Waals surface area contributed by atoms with E-state index in [-0.39, 0.29) is 24.5 Å². The van der Waals surface area contributed by atoms with Gasteiger partial charge in [-0.3, -0.25) is 18.4 Å². The molecular formula is C16H27B2O8P. The fourth-order valence-electron chi connectivity index (χ4n) is 3.30. The SMILES string of the molecule is [B][C@@H]1O[C@H](COP(=O)(OC)O[C@H]2C(C)[C@H]([B])O[C@@H]2CC)[C@@H](OC(C)=O)C1C. The highest BCUT2D eigenvalue weighted by Gasteiger charge is 2.46. The maximum absolute atomic E-state index is 12.9. The zero-order valence-corrected chi connectivity index (χ0v) is 17.3. The summed E-state index contributed by atoms with van der Waals surface area (Å²) >= 11 is 0. The highest BCUT2D eigenvalue weighted by Crippen LogP contribution is 2.53. The normalized spacial score (nSPS) is 41.4. The first-order chi connectivity index (χ1) is 12.6. The van der Waals surface area contributed by atoms with Crippen molar-refractivity contribution in [2.45, 2.75) is 70.5 Å². The van der Waals surface area contributed by atoms with Crippen molar-refractivity contribution in [3.8, 4) is 0 Å². The smallest absolute Gasteiger partial charge is 0.459 e. The van der Waals surface area contributed by atoms with Gasteiger partial charge in [0.25, 0.3) is 0 Å². The van der Waals surface area contributed by atoms with Gasteiger partial charge in [0.1, 0.15) is 27.9 Å². The van der Waals surface area contributed by atoms with Gasteiger partial charge in [0.2, 0.25) is 0 Å². The molecule has 4 radical (unpaired) electrons. The Labute approximate surface area is 163 Å². The average molecular weight is 400 g/mol. The Morgan fingerprint density at radius 3 is 2.15 bits per heavy atom. The van der Waals surface area contributed by atoms with Crippen LogP contribution in [0.5, 0.6) is 0 Å². The molecule has 0 aromatic carbocycles. The summed E-state index contributed by atoms with van der Waals surface area (Å²) in [6.45, 7) is 6.69. The van der Waals surface area contributed by atoms with Gasteiger partial charge < -0.3 is 14.2 Å². The van der Waals surface area contributed by atoms with Gasteiger partial charge in [-0.05, 0) is 6.42 Å². The molecule has 150 valence electrons. The summed E-state index contributed by atoms with van der Waals surface area (Å²) < 4.78 is 45.6. The lowest BCUT2D eigenvalue weighted by Gasteiger charge is -2.27. The van der Waals surface area contributed by atoms with E-state index in [2.05, 4.69) is 0 Å². The molecule has 0 N–H and O–H groups in total. The van der Waals surface area contributed by atoms with Crippen molar-refractivity contribution in [3.05, 3.63) is 0 Å². The van der Waals surface area contributed by atoms with Gasteiger partial charge >= 0.3 is 13.8 Å². The average Bonchev–Trinajstić information content (AvgIpc) is 3.04. The van der Waals surface area contributed by atoms with E-state index < -0.39 is 44.1 Å². The molecule has 2 fully saturated rings. The van der Waals surface area contributed by atoms with E-state index >= 15 is 0 Å². The summed E-state index contributed by atoms with van der Waals surface area (Å²) in [7, 11) is 9.10. The fourth-order valence-corrected chi connectivity index (χ4v) is 4.51. The monoisotopic (exact) mass is 400 g/mol. The van der Waals surface area contributed by atoms with Crippen molar-refractivity contribution >= 4 is 29.5 Å². The van der Waals surface area contributed by atoms with E-state index in [0.29, 0.717) is 6.42 Å². The first-order valence-corrected chi connectivity index (χ1v) is 10.6. The highest BCUT2D eigenvalue weighted by molar-refractivity contribution is 7.48. The molecule has 0 aliphatic carbocycles. The van der Waals surface area contributed by atoms with E-state index in [1.165, 1.54) is 14.0 Å². The Hall–Kier alpha value is -0.370. The lowest BCUT2D eigenvalue weighted by molar-refractivity contribution is -0.151. The first-order valence-electron chi connectivity index (χ1n) is 9.09. The molecule has 2 saturated heterocycles. The minimum Gasteiger partial charge on any atom is -0.459 e. The number of rotatable bonds is 8. The summed E-state index contributed by atoms with van der Waals surface area (Å²) in [6.07, 6.45) is -1.52. The van der Waals surface area contributed by atoms with Crippen LogP contribution in [0.25, 0.3) is 0 Å². The third kappa shape index (κ3) is 5.37. The molecule has 0 bridgehead atoms. The first kappa shape index (κ1) is 22.9. The molecule has 8 nitrogen and oxygen atoms in total. The van der Waals surface area contributed by atoms with Crippen molar-refractivity contribution in [1.29, 1.82) is 0 Å². The van der Waals surface area contributed by atoms with Crippen LogP contribution in [0, 0.1) is 11.8 Å². The van der Waals surface area contributed by atoms with Gasteiger partial charge in [-0.25, -0.2) is 4.57 Å². The number of carbonyl (C=O) groups is 1. The van der Waals surface area contributed by atoms with Crippen LogP contribution < -0.4 is 0 Å². The summed E-state index contributed by atoms with van der Waals surface area (Å²) in [5.74, 6) is -0.888. The zero-order valence-electron chi connectivity index (χ0n) is 16.4. The fraction of sp³-hybridized carbons (Fsp3) is 0.938. The van der Waals surface area contributed by atoms with E-state index in [4.69, 9.17) is 43.5 Å². The second-order valence-corrected chi connectivity index (χ2v) is 8.70. The van der Waals surface area contributed by atoms with Crippen molar-refractivity contribution in [1.82, 2.24) is 0 Å². The van der Waals surface area contributed by atoms with Crippen LogP contribution in [0.3, 0.4) is 0 Å². The summed E-state index contributed by atoms with van der Waals surface area (Å²) in [6, 6.07) is -1.15. The Morgan fingerprint density at radius 1 is 1.07 bits per heavy atom. The van der Waals surface area contributed by atoms with Gasteiger partial charge in [-0.15, -0.1) is 0 Å². The van der Waals surface area contributed by atoms with E-state index in [9.17, 15) is 9.36 Å². The summed E-state index contributed by atoms with van der Waals surface area (Å²) in [5, 5.41) is 0. The Morgan fingerprint density at radius 2 is 1.63 bits per heavy atom. The largest absolute Gasteiger partial charge is 0.474 e. The number of phosphoric acid groups is 1. The van der Waals surface area contributed by atoms with Crippen molar-refractivity contribution in [3.63, 3.8) is 0 Å². The standard InChI is InChI=1S/C16H27B2O8P/c1-6-11-14(9(3)16(18)24-11)26-27(20,21-5)22-7-12-13(23-10(4)19)8(2)15(17)25-12/h8-9,11-16H,6-7H2,1-5H3/t8?,9?,11-,12-,13+,14+,15-,16-,27?/m1/s1. The third-order valence-electron chi connectivity index (χ3n) is 5.05. The van der Waals surface area contributed by atoms with Crippen LogP contribution in [0.1, 0.15) is 34.1 Å². The molecule has 0 spiro atoms. The Balaban J connectivity index is 2.02. The topological polar surface area (TPSA) is 89.5 Å². The number of hydrogen-bond acceptors (Lipinski definition) is 8. The van der Waals surface area contributed by atoms with Gasteiger partial charge in [-0.2, -0.15) is 0 Å². The van der Waals surface area contributed by atoms with Crippen molar-refractivity contribution in [2.24, 2.45) is 11.8 Å². The molecular weight excluding hydrogens is 373 g/mol. The quantitative estimate of drug-likeness (QED) is 0.345. The molecule has 9 atom stereocenters. The summed E-state index contributed by atoms with van der Waals surface area (Å²) in [5.41, 5.74) is 0. The van der Waals surface area contributed by atoms with Crippen LogP contribution in [-0.2, 0) is 37.1 Å². The van der Waals surface area contributed by atoms with Gasteiger partial charge in [0.05, 0.1) is 18.8 Å². The molecule has 2 aliphatic heterocycles. The maximum atomic E-state index is 12.9. The molecule has 2 heterocycles. The maximum Gasteiger partial charge on any atom is 0.474 e. The number of esters is 1. The van der Waals surface area contributed by atoms with Crippen LogP contribution in [0.15, 0.2) is 0 Å². The molecule has 2 aliphatic rings. The van der Waals surface area contributed by atoms with E-state index in [1.54, 1.807) is 6.92 Å².